The number of imidazole rings is 1. The largest absolute Gasteiger partial charge is 0.480 e. The van der Waals surface area contributed by atoms with Gasteiger partial charge in [-0.1, -0.05) is 20.8 Å². The van der Waals surface area contributed by atoms with E-state index >= 15 is 0 Å². The molecule has 6 nitrogen and oxygen atoms in total. The monoisotopic (exact) mass is 239 g/mol. The molecule has 94 valence electrons. The molecule has 0 spiro atoms. The van der Waals surface area contributed by atoms with Crippen LogP contribution in [0.15, 0.2) is 12.5 Å². The predicted molar refractivity (Wildman–Crippen MR) is 61.6 cm³/mol. The molecule has 0 fully saturated rings. The van der Waals surface area contributed by atoms with E-state index in [4.69, 9.17) is 5.11 Å². The lowest BCUT2D eigenvalue weighted by Crippen LogP contribution is -2.49. The highest BCUT2D eigenvalue weighted by Crippen LogP contribution is 2.19. The maximum absolute atomic E-state index is 11.9. The van der Waals surface area contributed by atoms with E-state index in [9.17, 15) is 9.59 Å². The molecule has 0 radical (unpaired) electrons. The molecule has 2 N–H and O–H groups in total. The summed E-state index contributed by atoms with van der Waals surface area (Å²) in [4.78, 5) is 26.8. The average Bonchev–Trinajstić information content (AvgIpc) is 2.58. The number of carbonyl (C=O) groups is 2. The second kappa shape index (κ2) is 4.57. The van der Waals surface area contributed by atoms with Crippen LogP contribution in [-0.2, 0) is 11.8 Å². The van der Waals surface area contributed by atoms with Crippen molar-refractivity contribution in [3.8, 4) is 0 Å². The van der Waals surface area contributed by atoms with Crippen molar-refractivity contribution in [2.75, 3.05) is 0 Å². The molecule has 0 unspecified atom stereocenters. The molecule has 0 saturated heterocycles. The van der Waals surface area contributed by atoms with Gasteiger partial charge in [-0.05, 0) is 5.41 Å². The Hall–Kier alpha value is -1.85. The average molecular weight is 239 g/mol. The maximum Gasteiger partial charge on any atom is 0.326 e. The van der Waals surface area contributed by atoms with E-state index in [2.05, 4.69) is 10.3 Å². The zero-order valence-corrected chi connectivity index (χ0v) is 10.4. The Bertz CT molecular complexity index is 431. The van der Waals surface area contributed by atoms with Crippen LogP contribution in [0.3, 0.4) is 0 Å². The number of aryl methyl sites for hydroxylation is 1. The van der Waals surface area contributed by atoms with Crippen molar-refractivity contribution in [2.45, 2.75) is 26.8 Å². The van der Waals surface area contributed by atoms with Crippen LogP contribution in [0.1, 0.15) is 31.3 Å². The molecule has 17 heavy (non-hydrogen) atoms. The molecule has 1 amide bonds. The lowest BCUT2D eigenvalue weighted by atomic mass is 9.86. The highest BCUT2D eigenvalue weighted by atomic mass is 16.4. The van der Waals surface area contributed by atoms with Crippen LogP contribution in [-0.4, -0.2) is 32.6 Å². The summed E-state index contributed by atoms with van der Waals surface area (Å²) in [5.74, 6) is -1.49. The van der Waals surface area contributed by atoms with Crippen LogP contribution in [0.2, 0.25) is 0 Å². The first kappa shape index (κ1) is 13.2. The van der Waals surface area contributed by atoms with Gasteiger partial charge in [0.15, 0.2) is 0 Å². The maximum atomic E-state index is 11.9. The van der Waals surface area contributed by atoms with Crippen molar-refractivity contribution in [2.24, 2.45) is 12.5 Å². The minimum absolute atomic E-state index is 0.334. The number of rotatable bonds is 3. The van der Waals surface area contributed by atoms with E-state index in [1.807, 2.05) is 0 Å². The summed E-state index contributed by atoms with van der Waals surface area (Å²) in [5, 5.41) is 11.6. The number of carboxylic acid groups (broad SMARTS) is 1. The molecule has 0 aliphatic heterocycles. The molecule has 1 atom stereocenters. The zero-order chi connectivity index (χ0) is 13.2. The Morgan fingerprint density at radius 2 is 2.06 bits per heavy atom. The number of carbonyl (C=O) groups excluding carboxylic acids is 1. The van der Waals surface area contributed by atoms with E-state index in [0.717, 1.165) is 0 Å². The van der Waals surface area contributed by atoms with Crippen molar-refractivity contribution >= 4 is 11.9 Å². The topological polar surface area (TPSA) is 84.2 Å². The number of nitrogens with one attached hydrogen (secondary N) is 1. The highest BCUT2D eigenvalue weighted by molar-refractivity contribution is 5.95. The summed E-state index contributed by atoms with van der Waals surface area (Å²) in [6.45, 7) is 5.28. The van der Waals surface area contributed by atoms with Gasteiger partial charge in [0.1, 0.15) is 11.7 Å². The van der Waals surface area contributed by atoms with Crippen molar-refractivity contribution < 1.29 is 14.7 Å². The van der Waals surface area contributed by atoms with Gasteiger partial charge in [-0.3, -0.25) is 4.79 Å². The molecule has 0 aliphatic carbocycles. The van der Waals surface area contributed by atoms with Crippen LogP contribution >= 0.6 is 0 Å². The fraction of sp³-hybridized carbons (Fsp3) is 0.545. The van der Waals surface area contributed by atoms with Gasteiger partial charge in [0, 0.05) is 7.05 Å². The van der Waals surface area contributed by atoms with Crippen LogP contribution in [0.25, 0.3) is 0 Å². The summed E-state index contributed by atoms with van der Waals surface area (Å²) < 4.78 is 1.54. The Morgan fingerprint density at radius 3 is 2.41 bits per heavy atom. The second-order valence-electron chi connectivity index (χ2n) is 5.00. The molecule has 0 aromatic carbocycles. The first-order chi connectivity index (χ1) is 7.73. The van der Waals surface area contributed by atoms with Gasteiger partial charge in [-0.15, -0.1) is 0 Å². The number of aromatic nitrogens is 2. The molecule has 1 aromatic rings. The van der Waals surface area contributed by atoms with Crippen LogP contribution < -0.4 is 5.32 Å². The Kier molecular flexibility index (Phi) is 3.55. The quantitative estimate of drug-likeness (QED) is 0.811. The Labute approximate surface area is 99.7 Å². The molecule has 0 bridgehead atoms. The van der Waals surface area contributed by atoms with Gasteiger partial charge in [-0.2, -0.15) is 0 Å². The van der Waals surface area contributed by atoms with E-state index in [1.165, 1.54) is 17.1 Å². The fourth-order valence-electron chi connectivity index (χ4n) is 1.43. The lowest BCUT2D eigenvalue weighted by Gasteiger charge is -2.27. The van der Waals surface area contributed by atoms with Crippen molar-refractivity contribution in [1.82, 2.24) is 14.9 Å². The predicted octanol–water partition coefficient (Wildman–Crippen LogP) is 0.649. The van der Waals surface area contributed by atoms with Crippen LogP contribution in [0.4, 0.5) is 0 Å². The normalized spacial score (nSPS) is 13.2. The SMILES string of the molecule is Cn1cncc1C(=O)N[C@H](C(=O)O)C(C)(C)C. The van der Waals surface area contributed by atoms with Gasteiger partial charge in [0.2, 0.25) is 0 Å². The third-order valence-electron chi connectivity index (χ3n) is 2.44. The number of nitrogens with zero attached hydrogens (tertiary/aromatic N) is 2. The van der Waals surface area contributed by atoms with Crippen LogP contribution in [0.5, 0.6) is 0 Å². The summed E-state index contributed by atoms with van der Waals surface area (Å²) in [6, 6.07) is -0.940. The van der Waals surface area contributed by atoms with Gasteiger partial charge in [-0.25, -0.2) is 9.78 Å². The van der Waals surface area contributed by atoms with Crippen molar-refractivity contribution in [3.05, 3.63) is 18.2 Å². The lowest BCUT2D eigenvalue weighted by molar-refractivity contribution is -0.142. The summed E-state index contributed by atoms with van der Waals surface area (Å²) >= 11 is 0. The fourth-order valence-corrected chi connectivity index (χ4v) is 1.43. The first-order valence-corrected chi connectivity index (χ1v) is 5.23. The molecule has 6 heteroatoms. The summed E-state index contributed by atoms with van der Waals surface area (Å²) in [7, 11) is 1.68. The van der Waals surface area contributed by atoms with Crippen molar-refractivity contribution in [3.63, 3.8) is 0 Å². The number of amides is 1. The second-order valence-corrected chi connectivity index (χ2v) is 5.00. The minimum atomic E-state index is -1.05. The minimum Gasteiger partial charge on any atom is -0.480 e. The molecule has 1 rings (SSSR count). The van der Waals surface area contributed by atoms with Gasteiger partial charge < -0.3 is 15.0 Å². The van der Waals surface area contributed by atoms with E-state index in [1.54, 1.807) is 27.8 Å². The van der Waals surface area contributed by atoms with Crippen LogP contribution in [0, 0.1) is 5.41 Å². The zero-order valence-electron chi connectivity index (χ0n) is 10.4. The van der Waals surface area contributed by atoms with Gasteiger partial charge in [0.05, 0.1) is 12.5 Å². The van der Waals surface area contributed by atoms with E-state index < -0.39 is 23.3 Å². The number of carboxylic acids is 1. The number of aliphatic carboxylic acids is 1. The highest BCUT2D eigenvalue weighted by Gasteiger charge is 2.33. The summed E-state index contributed by atoms with van der Waals surface area (Å²) in [6.07, 6.45) is 2.89. The molecule has 1 heterocycles. The Morgan fingerprint density at radius 1 is 1.47 bits per heavy atom. The smallest absolute Gasteiger partial charge is 0.326 e. The van der Waals surface area contributed by atoms with E-state index in [0.29, 0.717) is 5.69 Å². The third-order valence-corrected chi connectivity index (χ3v) is 2.44. The molecule has 0 aliphatic rings. The standard InChI is InChI=1S/C11H17N3O3/c1-11(2,3)8(10(16)17)13-9(15)7-5-12-6-14(7)4/h5-6,8H,1-4H3,(H,13,15)(H,16,17)/t8-/m1/s1. The molecule has 0 saturated carbocycles. The Balaban J connectivity index is 2.86. The molecular formula is C11H17N3O3. The first-order valence-electron chi connectivity index (χ1n) is 5.23. The summed E-state index contributed by atoms with van der Waals surface area (Å²) in [5.41, 5.74) is -0.222. The number of hydrogen-bond acceptors (Lipinski definition) is 3. The van der Waals surface area contributed by atoms with Gasteiger partial charge >= 0.3 is 5.97 Å². The third kappa shape index (κ3) is 3.05. The number of hydrogen-bond donors (Lipinski definition) is 2. The van der Waals surface area contributed by atoms with Crippen molar-refractivity contribution in [1.29, 1.82) is 0 Å². The van der Waals surface area contributed by atoms with Gasteiger partial charge in [0.25, 0.3) is 5.91 Å². The molecular weight excluding hydrogens is 222 g/mol. The van der Waals surface area contributed by atoms with E-state index in [-0.39, 0.29) is 0 Å². The molecule has 1 aromatic heterocycles.